The SMILES string of the molecule is CCOc1ccc(N2C(=O)C(O)=C(C(=O)CC)C2c2ccncc2)cc1. The zero-order valence-corrected chi connectivity index (χ0v) is 14.7. The van der Waals surface area contributed by atoms with Crippen molar-refractivity contribution in [3.8, 4) is 5.75 Å². The molecular formula is C20H20N2O4. The molecule has 1 aromatic carbocycles. The number of amides is 1. The maximum atomic E-state index is 12.7. The fourth-order valence-corrected chi connectivity index (χ4v) is 3.08. The molecule has 1 unspecified atom stereocenters. The van der Waals surface area contributed by atoms with Crippen LogP contribution in [0.25, 0.3) is 0 Å². The Labute approximate surface area is 151 Å². The maximum Gasteiger partial charge on any atom is 0.294 e. The third-order valence-corrected chi connectivity index (χ3v) is 4.28. The minimum absolute atomic E-state index is 0.123. The molecule has 6 heteroatoms. The van der Waals surface area contributed by atoms with Crippen molar-refractivity contribution >= 4 is 17.4 Å². The predicted molar refractivity (Wildman–Crippen MR) is 97.0 cm³/mol. The summed E-state index contributed by atoms with van der Waals surface area (Å²) in [4.78, 5) is 30.6. The van der Waals surface area contributed by atoms with E-state index >= 15 is 0 Å². The first-order chi connectivity index (χ1) is 12.6. The van der Waals surface area contributed by atoms with Gasteiger partial charge in [0.25, 0.3) is 5.91 Å². The molecular weight excluding hydrogens is 332 g/mol. The number of nitrogens with zero attached hydrogens (tertiary/aromatic N) is 2. The number of hydrogen-bond acceptors (Lipinski definition) is 5. The summed E-state index contributed by atoms with van der Waals surface area (Å²) in [7, 11) is 0. The number of aromatic nitrogens is 1. The summed E-state index contributed by atoms with van der Waals surface area (Å²) in [6.07, 6.45) is 3.39. The maximum absolute atomic E-state index is 12.7. The van der Waals surface area contributed by atoms with Gasteiger partial charge in [-0.3, -0.25) is 19.5 Å². The van der Waals surface area contributed by atoms with Crippen LogP contribution in [-0.2, 0) is 9.59 Å². The first-order valence-electron chi connectivity index (χ1n) is 8.51. The number of aliphatic hydroxyl groups excluding tert-OH is 1. The van der Waals surface area contributed by atoms with E-state index in [-0.39, 0.29) is 17.8 Å². The van der Waals surface area contributed by atoms with E-state index in [1.54, 1.807) is 55.7 Å². The molecule has 0 saturated heterocycles. The van der Waals surface area contributed by atoms with Gasteiger partial charge in [-0.2, -0.15) is 0 Å². The lowest BCUT2D eigenvalue weighted by molar-refractivity contribution is -0.118. The summed E-state index contributed by atoms with van der Waals surface area (Å²) in [5, 5.41) is 10.4. The van der Waals surface area contributed by atoms with Gasteiger partial charge in [0, 0.05) is 24.5 Å². The minimum atomic E-state index is -0.684. The van der Waals surface area contributed by atoms with E-state index < -0.39 is 17.7 Å². The van der Waals surface area contributed by atoms with Gasteiger partial charge in [0.2, 0.25) is 0 Å². The molecule has 134 valence electrons. The Balaban J connectivity index is 2.08. The third-order valence-electron chi connectivity index (χ3n) is 4.28. The molecule has 0 saturated carbocycles. The molecule has 0 fully saturated rings. The number of carbonyl (C=O) groups is 2. The summed E-state index contributed by atoms with van der Waals surface area (Å²) in [5.41, 5.74) is 1.41. The molecule has 6 nitrogen and oxygen atoms in total. The number of Topliss-reactive ketones (excluding diaryl/α,β-unsaturated/α-hetero) is 1. The zero-order valence-electron chi connectivity index (χ0n) is 14.7. The zero-order chi connectivity index (χ0) is 18.7. The lowest BCUT2D eigenvalue weighted by Gasteiger charge is -2.27. The van der Waals surface area contributed by atoms with E-state index in [1.165, 1.54) is 4.90 Å². The topological polar surface area (TPSA) is 79.7 Å². The van der Waals surface area contributed by atoms with Gasteiger partial charge in [-0.15, -0.1) is 0 Å². The van der Waals surface area contributed by atoms with Crippen molar-refractivity contribution in [1.82, 2.24) is 4.98 Å². The molecule has 0 aliphatic carbocycles. The largest absolute Gasteiger partial charge is 0.503 e. The quantitative estimate of drug-likeness (QED) is 0.862. The highest BCUT2D eigenvalue weighted by molar-refractivity contribution is 6.16. The summed E-state index contributed by atoms with van der Waals surface area (Å²) >= 11 is 0. The van der Waals surface area contributed by atoms with Gasteiger partial charge < -0.3 is 9.84 Å². The summed E-state index contributed by atoms with van der Waals surface area (Å²) in [6.45, 7) is 4.14. The molecule has 1 aliphatic rings. The van der Waals surface area contributed by atoms with Crippen molar-refractivity contribution in [2.45, 2.75) is 26.3 Å². The monoisotopic (exact) mass is 352 g/mol. The van der Waals surface area contributed by atoms with Gasteiger partial charge in [0.15, 0.2) is 11.5 Å². The van der Waals surface area contributed by atoms with Crippen LogP contribution in [0, 0.1) is 0 Å². The lowest BCUT2D eigenvalue weighted by atomic mass is 9.95. The molecule has 3 rings (SSSR count). The second kappa shape index (κ2) is 7.39. The number of ketones is 1. The molecule has 2 heterocycles. The van der Waals surface area contributed by atoms with Crippen molar-refractivity contribution < 1.29 is 19.4 Å². The minimum Gasteiger partial charge on any atom is -0.503 e. The van der Waals surface area contributed by atoms with Crippen LogP contribution < -0.4 is 9.64 Å². The van der Waals surface area contributed by atoms with Crippen LogP contribution in [0.15, 0.2) is 60.1 Å². The molecule has 1 aromatic heterocycles. The number of rotatable bonds is 6. The van der Waals surface area contributed by atoms with Crippen LogP contribution in [0.1, 0.15) is 31.9 Å². The van der Waals surface area contributed by atoms with Crippen LogP contribution >= 0.6 is 0 Å². The smallest absolute Gasteiger partial charge is 0.294 e. The molecule has 0 bridgehead atoms. The van der Waals surface area contributed by atoms with Gasteiger partial charge in [0.1, 0.15) is 5.75 Å². The van der Waals surface area contributed by atoms with Gasteiger partial charge >= 0.3 is 0 Å². The molecule has 26 heavy (non-hydrogen) atoms. The molecule has 1 aliphatic heterocycles. The Morgan fingerprint density at radius 3 is 2.38 bits per heavy atom. The second-order valence-electron chi connectivity index (χ2n) is 5.82. The van der Waals surface area contributed by atoms with E-state index in [9.17, 15) is 14.7 Å². The van der Waals surface area contributed by atoms with Gasteiger partial charge in [0.05, 0.1) is 18.2 Å². The number of hydrogen-bond donors (Lipinski definition) is 1. The predicted octanol–water partition coefficient (Wildman–Crippen LogP) is 3.36. The summed E-state index contributed by atoms with van der Waals surface area (Å²) in [6, 6.07) is 9.78. The standard InChI is InChI=1S/C20H20N2O4/c1-3-16(23)17-18(13-9-11-21-12-10-13)22(20(25)19(17)24)14-5-7-15(8-6-14)26-4-2/h5-12,18,24H,3-4H2,1-2H3. The Morgan fingerprint density at radius 1 is 1.15 bits per heavy atom. The van der Waals surface area contributed by atoms with Crippen LogP contribution in [0.5, 0.6) is 5.75 Å². The van der Waals surface area contributed by atoms with Gasteiger partial charge in [-0.25, -0.2) is 0 Å². The molecule has 2 aromatic rings. The first kappa shape index (κ1) is 17.7. The fraction of sp³-hybridized carbons (Fsp3) is 0.250. The number of pyridine rings is 1. The average molecular weight is 352 g/mol. The number of anilines is 1. The first-order valence-corrected chi connectivity index (χ1v) is 8.51. The molecule has 1 atom stereocenters. The van der Waals surface area contributed by atoms with Crippen molar-refractivity contribution in [2.24, 2.45) is 0 Å². The highest BCUT2D eigenvalue weighted by Crippen LogP contribution is 2.41. The number of benzene rings is 1. The van der Waals surface area contributed by atoms with Crippen LogP contribution in [0.4, 0.5) is 5.69 Å². The summed E-state index contributed by atoms with van der Waals surface area (Å²) in [5.74, 6) is -0.656. The number of aliphatic hydroxyl groups is 1. The van der Waals surface area contributed by atoms with E-state index in [2.05, 4.69) is 4.98 Å². The van der Waals surface area contributed by atoms with E-state index in [1.807, 2.05) is 6.92 Å². The highest BCUT2D eigenvalue weighted by atomic mass is 16.5. The van der Waals surface area contributed by atoms with Crippen LogP contribution in [0.2, 0.25) is 0 Å². The number of carbonyl (C=O) groups excluding carboxylic acids is 2. The van der Waals surface area contributed by atoms with Crippen LogP contribution in [0.3, 0.4) is 0 Å². The average Bonchev–Trinajstić information content (AvgIpc) is 2.94. The normalized spacial score (nSPS) is 16.9. The van der Waals surface area contributed by atoms with Gasteiger partial charge in [-0.05, 0) is 48.9 Å². The Morgan fingerprint density at radius 2 is 1.81 bits per heavy atom. The van der Waals surface area contributed by atoms with E-state index in [4.69, 9.17) is 4.74 Å². The summed E-state index contributed by atoms with van der Waals surface area (Å²) < 4.78 is 5.43. The van der Waals surface area contributed by atoms with Crippen molar-refractivity contribution in [3.63, 3.8) is 0 Å². The number of ether oxygens (including phenoxy) is 1. The van der Waals surface area contributed by atoms with E-state index in [0.29, 0.717) is 23.6 Å². The third kappa shape index (κ3) is 3.06. The van der Waals surface area contributed by atoms with Crippen molar-refractivity contribution in [2.75, 3.05) is 11.5 Å². The highest BCUT2D eigenvalue weighted by Gasteiger charge is 2.43. The molecule has 0 radical (unpaired) electrons. The van der Waals surface area contributed by atoms with E-state index in [0.717, 1.165) is 0 Å². The lowest BCUT2D eigenvalue weighted by Crippen LogP contribution is -2.31. The molecule has 0 spiro atoms. The second-order valence-corrected chi connectivity index (χ2v) is 5.82. The molecule has 1 amide bonds. The fourth-order valence-electron chi connectivity index (χ4n) is 3.08. The Kier molecular flexibility index (Phi) is 5.02. The van der Waals surface area contributed by atoms with Crippen molar-refractivity contribution in [1.29, 1.82) is 0 Å². The van der Waals surface area contributed by atoms with Crippen molar-refractivity contribution in [3.05, 3.63) is 65.7 Å². The Hall–Kier alpha value is -3.15. The van der Waals surface area contributed by atoms with Crippen LogP contribution in [-0.4, -0.2) is 28.4 Å². The van der Waals surface area contributed by atoms with Gasteiger partial charge in [-0.1, -0.05) is 6.92 Å². The molecule has 1 N–H and O–H groups in total. The Bertz CT molecular complexity index is 844.